The van der Waals surface area contributed by atoms with Crippen molar-refractivity contribution >= 4 is 11.6 Å². The predicted octanol–water partition coefficient (Wildman–Crippen LogP) is 5.47. The summed E-state index contributed by atoms with van der Waals surface area (Å²) in [6.07, 6.45) is 2.13. The lowest BCUT2D eigenvalue weighted by molar-refractivity contribution is -0.119. The van der Waals surface area contributed by atoms with E-state index in [-0.39, 0.29) is 24.2 Å². The van der Waals surface area contributed by atoms with Gasteiger partial charge in [-0.2, -0.15) is 0 Å². The van der Waals surface area contributed by atoms with E-state index in [0.717, 1.165) is 16.8 Å². The quantitative estimate of drug-likeness (QED) is 0.569. The molecule has 0 saturated carbocycles. The van der Waals surface area contributed by atoms with Gasteiger partial charge in [0.05, 0.1) is 11.8 Å². The standard InChI is InChI=1S/C23H25FN2O2/c1-15(2)26(20-13-16(3)9-10-17(20)4)23(27)12-11-22-25-14-21(28-22)18-7-5-6-8-19(18)24/h5-10,13-15H,11-12H2,1-4H3. The van der Waals surface area contributed by atoms with Crippen molar-refractivity contribution in [2.75, 3.05) is 4.90 Å². The molecule has 1 heterocycles. The molecule has 4 nitrogen and oxygen atoms in total. The van der Waals surface area contributed by atoms with E-state index in [1.165, 1.54) is 12.3 Å². The molecule has 0 aliphatic carbocycles. The number of oxazole rings is 1. The van der Waals surface area contributed by atoms with Crippen molar-refractivity contribution in [2.24, 2.45) is 0 Å². The number of hydrogen-bond donors (Lipinski definition) is 0. The highest BCUT2D eigenvalue weighted by Crippen LogP contribution is 2.26. The summed E-state index contributed by atoms with van der Waals surface area (Å²) < 4.78 is 19.6. The van der Waals surface area contributed by atoms with Crippen molar-refractivity contribution in [2.45, 2.75) is 46.6 Å². The second-order valence-corrected chi connectivity index (χ2v) is 7.25. The number of benzene rings is 2. The second kappa shape index (κ2) is 8.38. The van der Waals surface area contributed by atoms with Gasteiger partial charge in [-0.05, 0) is 57.0 Å². The maximum atomic E-state index is 13.9. The molecule has 5 heteroatoms. The van der Waals surface area contributed by atoms with Gasteiger partial charge in [0.2, 0.25) is 5.91 Å². The number of carbonyl (C=O) groups is 1. The zero-order valence-electron chi connectivity index (χ0n) is 16.7. The Kier molecular flexibility index (Phi) is 5.93. The molecular formula is C23H25FN2O2. The van der Waals surface area contributed by atoms with Crippen LogP contribution >= 0.6 is 0 Å². The number of anilines is 1. The van der Waals surface area contributed by atoms with Crippen LogP contribution in [0.4, 0.5) is 10.1 Å². The molecule has 0 N–H and O–H groups in total. The van der Waals surface area contributed by atoms with Gasteiger partial charge in [0, 0.05) is 24.6 Å². The number of hydrogen-bond acceptors (Lipinski definition) is 3. The fraction of sp³-hybridized carbons (Fsp3) is 0.304. The normalized spacial score (nSPS) is 11.1. The average molecular weight is 380 g/mol. The molecule has 0 bridgehead atoms. The smallest absolute Gasteiger partial charge is 0.227 e. The van der Waals surface area contributed by atoms with Crippen LogP contribution in [0, 0.1) is 19.7 Å². The van der Waals surface area contributed by atoms with E-state index in [1.807, 2.05) is 50.8 Å². The summed E-state index contributed by atoms with van der Waals surface area (Å²) in [5.41, 5.74) is 3.47. The van der Waals surface area contributed by atoms with Gasteiger partial charge in [-0.15, -0.1) is 0 Å². The summed E-state index contributed by atoms with van der Waals surface area (Å²) in [6, 6.07) is 12.5. The van der Waals surface area contributed by atoms with E-state index in [2.05, 4.69) is 4.98 Å². The average Bonchev–Trinajstić information content (AvgIpc) is 3.12. The van der Waals surface area contributed by atoms with Crippen LogP contribution in [0.2, 0.25) is 0 Å². The van der Waals surface area contributed by atoms with Crippen molar-refractivity contribution in [3.63, 3.8) is 0 Å². The van der Waals surface area contributed by atoms with Crippen LogP contribution in [-0.2, 0) is 11.2 Å². The van der Waals surface area contributed by atoms with Crippen molar-refractivity contribution < 1.29 is 13.6 Å². The van der Waals surface area contributed by atoms with Crippen LogP contribution in [-0.4, -0.2) is 16.9 Å². The molecule has 1 aromatic heterocycles. The Morgan fingerprint density at radius 2 is 1.93 bits per heavy atom. The van der Waals surface area contributed by atoms with Gasteiger partial charge < -0.3 is 9.32 Å². The van der Waals surface area contributed by atoms with E-state index in [4.69, 9.17) is 4.42 Å². The first-order valence-corrected chi connectivity index (χ1v) is 9.45. The van der Waals surface area contributed by atoms with E-state index >= 15 is 0 Å². The fourth-order valence-corrected chi connectivity index (χ4v) is 3.23. The molecule has 0 aliphatic rings. The zero-order valence-corrected chi connectivity index (χ0v) is 16.7. The van der Waals surface area contributed by atoms with Crippen molar-refractivity contribution in [3.8, 4) is 11.3 Å². The minimum absolute atomic E-state index is 0.00865. The first-order chi connectivity index (χ1) is 13.4. The summed E-state index contributed by atoms with van der Waals surface area (Å²) in [5.74, 6) is 0.448. The Hall–Kier alpha value is -2.95. The number of rotatable bonds is 6. The maximum absolute atomic E-state index is 13.9. The predicted molar refractivity (Wildman–Crippen MR) is 109 cm³/mol. The molecule has 0 radical (unpaired) electrons. The topological polar surface area (TPSA) is 46.3 Å². The van der Waals surface area contributed by atoms with Gasteiger partial charge in [-0.1, -0.05) is 24.3 Å². The van der Waals surface area contributed by atoms with Crippen molar-refractivity contribution in [1.82, 2.24) is 4.98 Å². The van der Waals surface area contributed by atoms with Crippen molar-refractivity contribution in [1.29, 1.82) is 0 Å². The molecule has 146 valence electrons. The van der Waals surface area contributed by atoms with Crippen molar-refractivity contribution in [3.05, 3.63) is 71.5 Å². The van der Waals surface area contributed by atoms with Gasteiger partial charge >= 0.3 is 0 Å². The van der Waals surface area contributed by atoms with Gasteiger partial charge in [0.15, 0.2) is 11.7 Å². The third-order valence-electron chi connectivity index (χ3n) is 4.65. The van der Waals surface area contributed by atoms with Crippen LogP contribution in [0.5, 0.6) is 0 Å². The first-order valence-electron chi connectivity index (χ1n) is 9.45. The number of aromatic nitrogens is 1. The molecule has 0 saturated heterocycles. The summed E-state index contributed by atoms with van der Waals surface area (Å²) in [6.45, 7) is 8.03. The van der Waals surface area contributed by atoms with Crippen LogP contribution in [0.1, 0.15) is 37.3 Å². The number of nitrogens with zero attached hydrogens (tertiary/aromatic N) is 2. The molecule has 0 unspecified atom stereocenters. The highest BCUT2D eigenvalue weighted by molar-refractivity contribution is 5.94. The lowest BCUT2D eigenvalue weighted by Gasteiger charge is -2.28. The second-order valence-electron chi connectivity index (χ2n) is 7.25. The number of aryl methyl sites for hydroxylation is 3. The van der Waals surface area contributed by atoms with E-state index in [1.54, 1.807) is 18.2 Å². The number of amides is 1. The Balaban J connectivity index is 1.74. The maximum Gasteiger partial charge on any atom is 0.227 e. The molecule has 0 spiro atoms. The lowest BCUT2D eigenvalue weighted by atomic mass is 10.1. The van der Waals surface area contributed by atoms with Gasteiger partial charge in [-0.3, -0.25) is 4.79 Å². The zero-order chi connectivity index (χ0) is 20.3. The van der Waals surface area contributed by atoms with Gasteiger partial charge in [-0.25, -0.2) is 9.37 Å². The molecule has 3 aromatic rings. The third kappa shape index (κ3) is 4.30. The van der Waals surface area contributed by atoms with E-state index in [0.29, 0.717) is 23.6 Å². The van der Waals surface area contributed by atoms with Crippen LogP contribution in [0.25, 0.3) is 11.3 Å². The molecule has 2 aromatic carbocycles. The largest absolute Gasteiger partial charge is 0.441 e. The summed E-state index contributed by atoms with van der Waals surface area (Å²) >= 11 is 0. The minimum atomic E-state index is -0.359. The molecule has 0 aliphatic heterocycles. The van der Waals surface area contributed by atoms with Crippen LogP contribution < -0.4 is 4.90 Å². The monoisotopic (exact) mass is 380 g/mol. The summed E-state index contributed by atoms with van der Waals surface area (Å²) in [7, 11) is 0. The highest BCUT2D eigenvalue weighted by Gasteiger charge is 2.21. The molecule has 1 amide bonds. The Bertz CT molecular complexity index is 978. The molecule has 28 heavy (non-hydrogen) atoms. The highest BCUT2D eigenvalue weighted by atomic mass is 19.1. The minimum Gasteiger partial charge on any atom is -0.441 e. The summed E-state index contributed by atoms with van der Waals surface area (Å²) in [5, 5.41) is 0. The van der Waals surface area contributed by atoms with E-state index < -0.39 is 0 Å². The van der Waals surface area contributed by atoms with Crippen LogP contribution in [0.3, 0.4) is 0 Å². The Morgan fingerprint density at radius 1 is 1.18 bits per heavy atom. The summed E-state index contributed by atoms with van der Waals surface area (Å²) in [4.78, 5) is 19.0. The Morgan fingerprint density at radius 3 is 2.64 bits per heavy atom. The molecule has 0 fully saturated rings. The van der Waals surface area contributed by atoms with E-state index in [9.17, 15) is 9.18 Å². The number of carbonyl (C=O) groups excluding carboxylic acids is 1. The Labute approximate surface area is 165 Å². The third-order valence-corrected chi connectivity index (χ3v) is 4.65. The van der Waals surface area contributed by atoms with Gasteiger partial charge in [0.1, 0.15) is 5.82 Å². The SMILES string of the molecule is Cc1ccc(C)c(N(C(=O)CCc2ncc(-c3ccccc3F)o2)C(C)C)c1. The first kappa shape index (κ1) is 19.8. The van der Waals surface area contributed by atoms with Crippen LogP contribution in [0.15, 0.2) is 53.1 Å². The van der Waals surface area contributed by atoms with Gasteiger partial charge in [0.25, 0.3) is 0 Å². The molecular weight excluding hydrogens is 355 g/mol. The lowest BCUT2D eigenvalue weighted by Crippen LogP contribution is -2.37. The fourth-order valence-electron chi connectivity index (χ4n) is 3.23. The molecule has 3 rings (SSSR count). The molecule has 0 atom stereocenters. The number of halogens is 1.